The summed E-state index contributed by atoms with van der Waals surface area (Å²) in [6.07, 6.45) is 5.12. The standard InChI is InChI=1S/C12H13N3O2/c1-2-15-8-10(6-11(16)17)12(14-15)9-4-3-5-13-7-9/h3-5,7-8H,2,6H2,1H3,(H,16,17). The van der Waals surface area contributed by atoms with Gasteiger partial charge >= 0.3 is 5.97 Å². The van der Waals surface area contributed by atoms with Gasteiger partial charge in [-0.15, -0.1) is 0 Å². The molecule has 0 aromatic carbocycles. The van der Waals surface area contributed by atoms with Crippen molar-refractivity contribution < 1.29 is 9.90 Å². The van der Waals surface area contributed by atoms with Crippen LogP contribution in [0.3, 0.4) is 0 Å². The van der Waals surface area contributed by atoms with Crippen molar-refractivity contribution in [1.29, 1.82) is 0 Å². The van der Waals surface area contributed by atoms with Crippen molar-refractivity contribution in [2.75, 3.05) is 0 Å². The molecule has 5 heteroatoms. The minimum absolute atomic E-state index is 0.0236. The van der Waals surface area contributed by atoms with Gasteiger partial charge in [0.2, 0.25) is 0 Å². The number of carboxylic acids is 1. The van der Waals surface area contributed by atoms with Gasteiger partial charge in [0.1, 0.15) is 0 Å². The predicted octanol–water partition coefficient (Wildman–Crippen LogP) is 1.59. The van der Waals surface area contributed by atoms with Crippen molar-refractivity contribution in [3.8, 4) is 11.3 Å². The molecule has 0 unspecified atom stereocenters. The summed E-state index contributed by atoms with van der Waals surface area (Å²) in [4.78, 5) is 14.8. The third-order valence-corrected chi connectivity index (χ3v) is 2.44. The Labute approximate surface area is 98.7 Å². The van der Waals surface area contributed by atoms with Crippen molar-refractivity contribution in [3.05, 3.63) is 36.3 Å². The van der Waals surface area contributed by atoms with E-state index in [2.05, 4.69) is 10.1 Å². The maximum Gasteiger partial charge on any atom is 0.307 e. The molecule has 0 aliphatic rings. The van der Waals surface area contributed by atoms with Gasteiger partial charge in [-0.25, -0.2) is 0 Å². The summed E-state index contributed by atoms with van der Waals surface area (Å²) in [7, 11) is 0. The van der Waals surface area contributed by atoms with E-state index in [1.54, 1.807) is 23.3 Å². The van der Waals surface area contributed by atoms with E-state index in [1.165, 1.54) is 0 Å². The molecule has 17 heavy (non-hydrogen) atoms. The molecule has 2 aromatic rings. The summed E-state index contributed by atoms with van der Waals surface area (Å²) >= 11 is 0. The first-order valence-corrected chi connectivity index (χ1v) is 5.39. The topological polar surface area (TPSA) is 68.0 Å². The first-order valence-electron chi connectivity index (χ1n) is 5.39. The summed E-state index contributed by atoms with van der Waals surface area (Å²) in [5, 5.41) is 13.2. The third kappa shape index (κ3) is 2.50. The van der Waals surface area contributed by atoms with Crippen molar-refractivity contribution in [2.24, 2.45) is 0 Å². The highest BCUT2D eigenvalue weighted by Gasteiger charge is 2.13. The molecular weight excluding hydrogens is 218 g/mol. The Morgan fingerprint density at radius 1 is 1.53 bits per heavy atom. The van der Waals surface area contributed by atoms with Gasteiger partial charge in [-0.05, 0) is 19.1 Å². The number of rotatable bonds is 4. The molecule has 0 aliphatic carbocycles. The Balaban J connectivity index is 2.44. The fraction of sp³-hybridized carbons (Fsp3) is 0.250. The number of aryl methyl sites for hydroxylation is 1. The van der Waals surface area contributed by atoms with Crippen LogP contribution < -0.4 is 0 Å². The average molecular weight is 231 g/mol. The van der Waals surface area contributed by atoms with Gasteiger partial charge in [-0.3, -0.25) is 14.5 Å². The number of carboxylic acid groups (broad SMARTS) is 1. The highest BCUT2D eigenvalue weighted by molar-refractivity contribution is 5.74. The van der Waals surface area contributed by atoms with Gasteiger partial charge < -0.3 is 5.11 Å². The molecule has 0 bridgehead atoms. The number of aliphatic carboxylic acids is 1. The lowest BCUT2D eigenvalue weighted by atomic mass is 10.1. The summed E-state index contributed by atoms with van der Waals surface area (Å²) in [5.74, 6) is -0.856. The number of hydrogen-bond donors (Lipinski definition) is 1. The van der Waals surface area contributed by atoms with Crippen LogP contribution in [0.2, 0.25) is 0 Å². The van der Waals surface area contributed by atoms with Crippen molar-refractivity contribution in [3.63, 3.8) is 0 Å². The van der Waals surface area contributed by atoms with E-state index in [0.717, 1.165) is 5.56 Å². The maximum absolute atomic E-state index is 10.8. The number of pyridine rings is 1. The van der Waals surface area contributed by atoms with Gasteiger partial charge in [-0.1, -0.05) is 0 Å². The van der Waals surface area contributed by atoms with Crippen LogP contribution >= 0.6 is 0 Å². The van der Waals surface area contributed by atoms with Gasteiger partial charge in [0.25, 0.3) is 0 Å². The summed E-state index contributed by atoms with van der Waals surface area (Å²) in [6, 6.07) is 3.69. The zero-order valence-corrected chi connectivity index (χ0v) is 9.50. The number of nitrogens with zero attached hydrogens (tertiary/aromatic N) is 3. The molecule has 0 amide bonds. The SMILES string of the molecule is CCn1cc(CC(=O)O)c(-c2cccnc2)n1. The van der Waals surface area contributed by atoms with E-state index in [0.29, 0.717) is 17.8 Å². The van der Waals surface area contributed by atoms with Gasteiger partial charge in [0.05, 0.1) is 12.1 Å². The molecule has 0 saturated carbocycles. The maximum atomic E-state index is 10.8. The molecule has 0 saturated heterocycles. The van der Waals surface area contributed by atoms with Crippen LogP contribution in [0.5, 0.6) is 0 Å². The van der Waals surface area contributed by atoms with Crippen LogP contribution in [0.4, 0.5) is 0 Å². The minimum atomic E-state index is -0.856. The Kier molecular flexibility index (Phi) is 3.18. The Morgan fingerprint density at radius 3 is 2.94 bits per heavy atom. The van der Waals surface area contributed by atoms with Gasteiger partial charge in [-0.2, -0.15) is 5.10 Å². The molecule has 0 spiro atoms. The van der Waals surface area contributed by atoms with Crippen molar-refractivity contribution >= 4 is 5.97 Å². The minimum Gasteiger partial charge on any atom is -0.481 e. The first-order chi connectivity index (χ1) is 8.20. The molecule has 88 valence electrons. The molecule has 0 aliphatic heterocycles. The fourth-order valence-corrected chi connectivity index (χ4v) is 1.66. The molecule has 2 heterocycles. The Bertz CT molecular complexity index is 520. The molecule has 2 aromatic heterocycles. The highest BCUT2D eigenvalue weighted by Crippen LogP contribution is 2.21. The van der Waals surface area contributed by atoms with E-state index in [-0.39, 0.29) is 6.42 Å². The monoisotopic (exact) mass is 231 g/mol. The molecule has 0 radical (unpaired) electrons. The second kappa shape index (κ2) is 4.78. The van der Waals surface area contributed by atoms with Crippen LogP contribution in [0, 0.1) is 0 Å². The summed E-state index contributed by atoms with van der Waals surface area (Å²) in [6.45, 7) is 2.68. The number of carbonyl (C=O) groups is 1. The molecule has 1 N–H and O–H groups in total. The van der Waals surface area contributed by atoms with Gasteiger partial charge in [0, 0.05) is 36.3 Å². The second-order valence-electron chi connectivity index (χ2n) is 3.67. The average Bonchev–Trinajstić information content (AvgIpc) is 2.72. The highest BCUT2D eigenvalue weighted by atomic mass is 16.4. The molecule has 5 nitrogen and oxygen atoms in total. The van der Waals surface area contributed by atoms with Crippen LogP contribution in [-0.4, -0.2) is 25.8 Å². The third-order valence-electron chi connectivity index (χ3n) is 2.44. The van der Waals surface area contributed by atoms with Crippen molar-refractivity contribution in [1.82, 2.24) is 14.8 Å². The van der Waals surface area contributed by atoms with E-state index in [9.17, 15) is 4.79 Å². The van der Waals surface area contributed by atoms with Crippen molar-refractivity contribution in [2.45, 2.75) is 19.9 Å². The van der Waals surface area contributed by atoms with Gasteiger partial charge in [0.15, 0.2) is 0 Å². The molecular formula is C12H13N3O2. The van der Waals surface area contributed by atoms with E-state index in [1.807, 2.05) is 19.1 Å². The lowest BCUT2D eigenvalue weighted by Crippen LogP contribution is -2.00. The number of hydrogen-bond acceptors (Lipinski definition) is 3. The predicted molar refractivity (Wildman–Crippen MR) is 62.5 cm³/mol. The van der Waals surface area contributed by atoms with E-state index in [4.69, 9.17) is 5.11 Å². The first kappa shape index (κ1) is 11.3. The van der Waals surface area contributed by atoms with Crippen LogP contribution in [0.25, 0.3) is 11.3 Å². The molecule has 0 fully saturated rings. The lowest BCUT2D eigenvalue weighted by Gasteiger charge is -1.98. The second-order valence-corrected chi connectivity index (χ2v) is 3.67. The zero-order valence-electron chi connectivity index (χ0n) is 9.50. The summed E-state index contributed by atoms with van der Waals surface area (Å²) < 4.78 is 1.74. The largest absolute Gasteiger partial charge is 0.481 e. The lowest BCUT2D eigenvalue weighted by molar-refractivity contribution is -0.136. The number of aromatic nitrogens is 3. The molecule has 2 rings (SSSR count). The molecule has 0 atom stereocenters. The van der Waals surface area contributed by atoms with E-state index < -0.39 is 5.97 Å². The summed E-state index contributed by atoms with van der Waals surface area (Å²) in [5.41, 5.74) is 2.26. The van der Waals surface area contributed by atoms with Crippen LogP contribution in [0.15, 0.2) is 30.7 Å². The smallest absolute Gasteiger partial charge is 0.307 e. The normalized spacial score (nSPS) is 10.4. The quantitative estimate of drug-likeness (QED) is 0.867. The zero-order chi connectivity index (χ0) is 12.3. The Morgan fingerprint density at radius 2 is 2.35 bits per heavy atom. The fourth-order valence-electron chi connectivity index (χ4n) is 1.66. The van der Waals surface area contributed by atoms with Crippen LogP contribution in [-0.2, 0) is 17.8 Å². The van der Waals surface area contributed by atoms with Crippen LogP contribution in [0.1, 0.15) is 12.5 Å². The van der Waals surface area contributed by atoms with E-state index >= 15 is 0 Å². The Hall–Kier alpha value is -2.17.